The van der Waals surface area contributed by atoms with Crippen molar-refractivity contribution < 1.29 is 28.5 Å². The number of benzene rings is 1. The summed E-state index contributed by atoms with van der Waals surface area (Å²) in [6.07, 6.45) is 0. The monoisotopic (exact) mass is 417 g/mol. The van der Waals surface area contributed by atoms with Crippen LogP contribution < -0.4 is 14.2 Å². The summed E-state index contributed by atoms with van der Waals surface area (Å²) in [5, 5.41) is 0. The van der Waals surface area contributed by atoms with E-state index in [9.17, 15) is 9.59 Å². The molecule has 0 bridgehead atoms. The minimum absolute atomic E-state index is 0.234. The van der Waals surface area contributed by atoms with Crippen LogP contribution in [0.3, 0.4) is 0 Å². The zero-order valence-electron chi connectivity index (χ0n) is 18.7. The van der Waals surface area contributed by atoms with Crippen LogP contribution in [-0.2, 0) is 11.3 Å². The number of carbonyl (C=O) groups excluding carboxylic acids is 2. The Balaban J connectivity index is 2.22. The second-order valence-corrected chi connectivity index (χ2v) is 6.63. The van der Waals surface area contributed by atoms with E-state index in [-0.39, 0.29) is 18.0 Å². The van der Waals surface area contributed by atoms with Gasteiger partial charge in [0.25, 0.3) is 0 Å². The number of nitrogens with zero attached hydrogens (tertiary/aromatic N) is 1. The molecule has 0 unspecified atom stereocenters. The molecule has 0 N–H and O–H groups in total. The zero-order valence-corrected chi connectivity index (χ0v) is 18.7. The molecule has 0 radical (unpaired) electrons. The lowest BCUT2D eigenvalue weighted by Crippen LogP contribution is -2.15. The van der Waals surface area contributed by atoms with Crippen LogP contribution in [0.5, 0.6) is 17.2 Å². The van der Waals surface area contributed by atoms with E-state index in [1.807, 2.05) is 52.2 Å². The Bertz CT molecular complexity index is 872. The number of hydrogen-bond donors (Lipinski definition) is 0. The lowest BCUT2D eigenvalue weighted by Gasteiger charge is -2.16. The fourth-order valence-corrected chi connectivity index (χ4v) is 3.37. The number of carbonyl (C=O) groups is 2. The fourth-order valence-electron chi connectivity index (χ4n) is 3.37. The van der Waals surface area contributed by atoms with Crippen LogP contribution in [0.15, 0.2) is 18.2 Å². The molecular weight excluding hydrogens is 386 g/mol. The topological polar surface area (TPSA) is 76.0 Å². The Kier molecular flexibility index (Phi) is 8.33. The molecule has 0 aliphatic heterocycles. The molecule has 2 aromatic rings. The Hall–Kier alpha value is -2.96. The van der Waals surface area contributed by atoms with Gasteiger partial charge in [-0.2, -0.15) is 0 Å². The number of ketones is 1. The summed E-state index contributed by atoms with van der Waals surface area (Å²) in [7, 11) is 0. The minimum Gasteiger partial charge on any atom is -0.490 e. The van der Waals surface area contributed by atoms with Crippen molar-refractivity contribution in [1.29, 1.82) is 0 Å². The van der Waals surface area contributed by atoms with Gasteiger partial charge in [0.05, 0.1) is 25.4 Å². The SMILES string of the molecule is CCOc1cc(C(=O)OCC(=O)c2cc(C)n(CC)c2C)cc(OCC)c1OCC. The van der Waals surface area contributed by atoms with Crippen molar-refractivity contribution in [3.63, 3.8) is 0 Å². The number of Topliss-reactive ketones (excluding diaryl/α,β-unsaturated/α-hetero) is 1. The van der Waals surface area contributed by atoms with Gasteiger partial charge >= 0.3 is 5.97 Å². The van der Waals surface area contributed by atoms with Gasteiger partial charge in [0.1, 0.15) is 0 Å². The van der Waals surface area contributed by atoms with E-state index < -0.39 is 5.97 Å². The first kappa shape index (κ1) is 23.3. The van der Waals surface area contributed by atoms with Crippen molar-refractivity contribution in [2.45, 2.75) is 48.1 Å². The van der Waals surface area contributed by atoms with Crippen LogP contribution in [-0.4, -0.2) is 42.7 Å². The average Bonchev–Trinajstić information content (AvgIpc) is 3.01. The molecule has 164 valence electrons. The van der Waals surface area contributed by atoms with Crippen LogP contribution in [0.25, 0.3) is 0 Å². The molecule has 0 fully saturated rings. The number of aromatic nitrogens is 1. The van der Waals surface area contributed by atoms with Gasteiger partial charge in [0, 0.05) is 23.5 Å². The van der Waals surface area contributed by atoms with Crippen LogP contribution in [0.1, 0.15) is 59.8 Å². The lowest BCUT2D eigenvalue weighted by atomic mass is 10.1. The second kappa shape index (κ2) is 10.7. The highest BCUT2D eigenvalue weighted by Crippen LogP contribution is 2.39. The molecule has 7 nitrogen and oxygen atoms in total. The number of esters is 1. The van der Waals surface area contributed by atoms with Gasteiger partial charge in [-0.25, -0.2) is 4.79 Å². The quantitative estimate of drug-likeness (QED) is 0.399. The number of rotatable bonds is 11. The van der Waals surface area contributed by atoms with Crippen molar-refractivity contribution in [3.8, 4) is 17.2 Å². The van der Waals surface area contributed by atoms with Crippen molar-refractivity contribution in [3.05, 3.63) is 40.7 Å². The molecule has 1 aromatic carbocycles. The average molecular weight is 418 g/mol. The van der Waals surface area contributed by atoms with E-state index in [0.29, 0.717) is 42.6 Å². The predicted molar refractivity (Wildman–Crippen MR) is 114 cm³/mol. The molecule has 0 aliphatic rings. The summed E-state index contributed by atoms with van der Waals surface area (Å²) in [5.74, 6) is 0.376. The van der Waals surface area contributed by atoms with Crippen molar-refractivity contribution in [1.82, 2.24) is 4.57 Å². The Morgan fingerprint density at radius 2 is 1.43 bits per heavy atom. The van der Waals surface area contributed by atoms with Gasteiger partial charge in [-0.1, -0.05) is 0 Å². The first-order valence-electron chi connectivity index (χ1n) is 10.3. The molecule has 7 heteroatoms. The van der Waals surface area contributed by atoms with E-state index in [1.165, 1.54) is 0 Å². The molecule has 0 aliphatic carbocycles. The van der Waals surface area contributed by atoms with Crippen LogP contribution in [0.2, 0.25) is 0 Å². The third kappa shape index (κ3) is 5.14. The van der Waals surface area contributed by atoms with E-state index in [0.717, 1.165) is 17.9 Å². The van der Waals surface area contributed by atoms with E-state index in [4.69, 9.17) is 18.9 Å². The zero-order chi connectivity index (χ0) is 22.3. The van der Waals surface area contributed by atoms with Gasteiger partial charge in [-0.3, -0.25) is 4.79 Å². The first-order valence-corrected chi connectivity index (χ1v) is 10.3. The van der Waals surface area contributed by atoms with Crippen LogP contribution in [0, 0.1) is 13.8 Å². The van der Waals surface area contributed by atoms with Crippen molar-refractivity contribution >= 4 is 11.8 Å². The van der Waals surface area contributed by atoms with E-state index in [2.05, 4.69) is 0 Å². The van der Waals surface area contributed by atoms with Crippen molar-refractivity contribution in [2.24, 2.45) is 0 Å². The fraction of sp³-hybridized carbons (Fsp3) is 0.478. The summed E-state index contributed by atoms with van der Waals surface area (Å²) in [4.78, 5) is 25.2. The van der Waals surface area contributed by atoms with Gasteiger partial charge in [0.2, 0.25) is 11.5 Å². The number of hydrogen-bond acceptors (Lipinski definition) is 6. The first-order chi connectivity index (χ1) is 14.4. The Morgan fingerprint density at radius 3 is 1.90 bits per heavy atom. The van der Waals surface area contributed by atoms with Crippen LogP contribution in [0.4, 0.5) is 0 Å². The summed E-state index contributed by atoms with van der Waals surface area (Å²) in [5.41, 5.74) is 2.67. The van der Waals surface area contributed by atoms with Crippen molar-refractivity contribution in [2.75, 3.05) is 26.4 Å². The maximum Gasteiger partial charge on any atom is 0.338 e. The lowest BCUT2D eigenvalue weighted by molar-refractivity contribution is 0.0473. The highest BCUT2D eigenvalue weighted by Gasteiger charge is 2.21. The Morgan fingerprint density at radius 1 is 0.867 bits per heavy atom. The van der Waals surface area contributed by atoms with Gasteiger partial charge in [-0.15, -0.1) is 0 Å². The van der Waals surface area contributed by atoms with Gasteiger partial charge < -0.3 is 23.5 Å². The summed E-state index contributed by atoms with van der Waals surface area (Å²) >= 11 is 0. The van der Waals surface area contributed by atoms with Gasteiger partial charge in [-0.05, 0) is 59.7 Å². The maximum atomic E-state index is 12.6. The van der Waals surface area contributed by atoms with Gasteiger partial charge in [0.15, 0.2) is 18.1 Å². The standard InChI is InChI=1S/C23H31NO6/c1-7-24-15(5)11-18(16(24)6)19(25)14-30-23(26)17-12-20(27-8-2)22(29-10-4)21(13-17)28-9-3/h11-13H,7-10,14H2,1-6H3. The molecule has 0 amide bonds. The van der Waals surface area contributed by atoms with Crippen LogP contribution >= 0.6 is 0 Å². The summed E-state index contributed by atoms with van der Waals surface area (Å²) in [6, 6.07) is 4.92. The molecule has 0 saturated carbocycles. The Labute approximate surface area is 177 Å². The summed E-state index contributed by atoms with van der Waals surface area (Å²) < 4.78 is 24.2. The highest BCUT2D eigenvalue weighted by atomic mass is 16.5. The molecule has 0 atom stereocenters. The summed E-state index contributed by atoms with van der Waals surface area (Å²) in [6.45, 7) is 13.1. The van der Waals surface area contributed by atoms with E-state index >= 15 is 0 Å². The number of aryl methyl sites for hydroxylation is 1. The molecule has 1 aromatic heterocycles. The molecule has 2 rings (SSSR count). The third-order valence-corrected chi connectivity index (χ3v) is 4.67. The number of ether oxygens (including phenoxy) is 4. The van der Waals surface area contributed by atoms with E-state index in [1.54, 1.807) is 12.1 Å². The normalized spacial score (nSPS) is 10.6. The molecule has 0 spiro atoms. The third-order valence-electron chi connectivity index (χ3n) is 4.67. The molecule has 30 heavy (non-hydrogen) atoms. The smallest absolute Gasteiger partial charge is 0.338 e. The molecular formula is C23H31NO6. The largest absolute Gasteiger partial charge is 0.490 e. The molecule has 1 heterocycles. The molecule has 0 saturated heterocycles. The second-order valence-electron chi connectivity index (χ2n) is 6.63. The maximum absolute atomic E-state index is 12.6. The highest BCUT2D eigenvalue weighted by molar-refractivity contribution is 6.00. The predicted octanol–water partition coefficient (Wildman–Crippen LogP) is 4.36. The minimum atomic E-state index is -0.627.